The van der Waals surface area contributed by atoms with Crippen LogP contribution in [0.25, 0.3) is 0 Å². The fourth-order valence-electron chi connectivity index (χ4n) is 2.20. The molecule has 124 valence electrons. The summed E-state index contributed by atoms with van der Waals surface area (Å²) in [5, 5.41) is 11.2. The number of anilines is 1. The van der Waals surface area contributed by atoms with E-state index in [2.05, 4.69) is 31.4 Å². The predicted molar refractivity (Wildman–Crippen MR) is 91.0 cm³/mol. The molecule has 3 rings (SSSR count). The second-order valence-corrected chi connectivity index (χ2v) is 6.19. The lowest BCUT2D eigenvalue weighted by Crippen LogP contribution is -2.19. The number of nitrogens with one attached hydrogen (secondary N) is 1. The van der Waals surface area contributed by atoms with E-state index in [1.54, 1.807) is 40.0 Å². The van der Waals surface area contributed by atoms with E-state index in [1.165, 1.54) is 12.1 Å². The maximum Gasteiger partial charge on any atom is 0.247 e. The number of nitrogens with zero attached hydrogens (tertiary/aromatic N) is 4. The highest BCUT2D eigenvalue weighted by atomic mass is 79.9. The molecule has 0 aliphatic carbocycles. The number of hydrogen-bond donors (Lipinski definition) is 1. The van der Waals surface area contributed by atoms with Gasteiger partial charge in [0.1, 0.15) is 12.4 Å². The molecule has 0 radical (unpaired) electrons. The molecule has 0 aliphatic heterocycles. The summed E-state index contributed by atoms with van der Waals surface area (Å²) >= 11 is 3.36. The molecule has 0 saturated heterocycles. The molecule has 1 N–H and O–H groups in total. The van der Waals surface area contributed by atoms with Gasteiger partial charge in [-0.3, -0.25) is 14.2 Å². The number of aryl methyl sites for hydroxylation is 1. The zero-order valence-corrected chi connectivity index (χ0v) is 14.5. The van der Waals surface area contributed by atoms with E-state index in [4.69, 9.17) is 0 Å². The molecular weight excluding hydrogens is 377 g/mol. The van der Waals surface area contributed by atoms with Gasteiger partial charge in [0.15, 0.2) is 5.82 Å². The van der Waals surface area contributed by atoms with Crippen molar-refractivity contribution < 1.29 is 9.18 Å². The zero-order chi connectivity index (χ0) is 17.1. The van der Waals surface area contributed by atoms with Crippen molar-refractivity contribution in [3.05, 3.63) is 64.3 Å². The van der Waals surface area contributed by atoms with Crippen molar-refractivity contribution in [1.29, 1.82) is 0 Å². The summed E-state index contributed by atoms with van der Waals surface area (Å²) in [6.07, 6.45) is 3.51. The Morgan fingerprint density at radius 2 is 1.96 bits per heavy atom. The molecule has 0 aliphatic rings. The molecule has 0 saturated carbocycles. The fraction of sp³-hybridized carbons (Fsp3) is 0.188. The third-order valence-corrected chi connectivity index (χ3v) is 4.14. The van der Waals surface area contributed by atoms with Crippen LogP contribution in [0.1, 0.15) is 11.3 Å². The van der Waals surface area contributed by atoms with Crippen LogP contribution in [-0.4, -0.2) is 25.5 Å². The monoisotopic (exact) mass is 391 g/mol. The van der Waals surface area contributed by atoms with Crippen molar-refractivity contribution in [3.8, 4) is 0 Å². The predicted octanol–water partition coefficient (Wildman–Crippen LogP) is 2.98. The average Bonchev–Trinajstić information content (AvgIpc) is 3.08. The van der Waals surface area contributed by atoms with Gasteiger partial charge in [0, 0.05) is 18.5 Å². The Morgan fingerprint density at radius 3 is 2.62 bits per heavy atom. The van der Waals surface area contributed by atoms with E-state index in [0.717, 1.165) is 15.7 Å². The highest BCUT2D eigenvalue weighted by Gasteiger charge is 2.09. The van der Waals surface area contributed by atoms with Crippen LogP contribution in [0.5, 0.6) is 0 Å². The Balaban J connectivity index is 1.59. The minimum Gasteiger partial charge on any atom is -0.308 e. The summed E-state index contributed by atoms with van der Waals surface area (Å²) in [6, 6.07) is 7.93. The Labute approximate surface area is 146 Å². The Bertz CT molecular complexity index is 836. The molecule has 8 heteroatoms. The molecule has 1 aromatic carbocycles. The minimum atomic E-state index is -0.271. The number of halogens is 2. The number of hydrogen-bond acceptors (Lipinski definition) is 3. The molecule has 3 aromatic rings. The maximum absolute atomic E-state index is 12.9. The van der Waals surface area contributed by atoms with Gasteiger partial charge in [0.2, 0.25) is 5.91 Å². The molecule has 0 fully saturated rings. The van der Waals surface area contributed by atoms with E-state index in [9.17, 15) is 9.18 Å². The van der Waals surface area contributed by atoms with Crippen LogP contribution in [0, 0.1) is 12.7 Å². The lowest BCUT2D eigenvalue weighted by atomic mass is 10.2. The molecule has 6 nitrogen and oxygen atoms in total. The largest absolute Gasteiger partial charge is 0.308 e. The van der Waals surface area contributed by atoms with Crippen LogP contribution in [0.4, 0.5) is 10.2 Å². The Hall–Kier alpha value is -2.48. The smallest absolute Gasteiger partial charge is 0.247 e. The number of rotatable bonds is 5. The van der Waals surface area contributed by atoms with Crippen LogP contribution < -0.4 is 5.32 Å². The quantitative estimate of drug-likeness (QED) is 0.726. The van der Waals surface area contributed by atoms with Gasteiger partial charge in [-0.25, -0.2) is 4.39 Å². The van der Waals surface area contributed by atoms with Crippen LogP contribution in [0.3, 0.4) is 0 Å². The van der Waals surface area contributed by atoms with Crippen LogP contribution in [0.2, 0.25) is 0 Å². The van der Waals surface area contributed by atoms with Gasteiger partial charge in [0.05, 0.1) is 16.7 Å². The summed E-state index contributed by atoms with van der Waals surface area (Å²) < 4.78 is 17.0. The van der Waals surface area contributed by atoms with E-state index in [-0.39, 0.29) is 18.3 Å². The van der Waals surface area contributed by atoms with Crippen molar-refractivity contribution in [3.63, 3.8) is 0 Å². The van der Waals surface area contributed by atoms with E-state index < -0.39 is 0 Å². The van der Waals surface area contributed by atoms with E-state index in [1.807, 2.05) is 6.92 Å². The first-order chi connectivity index (χ1) is 11.5. The summed E-state index contributed by atoms with van der Waals surface area (Å²) in [4.78, 5) is 12.0. The van der Waals surface area contributed by atoms with Crippen LogP contribution in [0.15, 0.2) is 47.2 Å². The first-order valence-corrected chi connectivity index (χ1v) is 8.06. The number of amides is 1. The SMILES string of the molecule is Cc1nn(CC(=O)Nc2ccn(Cc3ccc(F)cc3)n2)cc1Br. The van der Waals surface area contributed by atoms with Gasteiger partial charge in [-0.2, -0.15) is 10.2 Å². The molecule has 0 spiro atoms. The van der Waals surface area contributed by atoms with Crippen molar-refractivity contribution >= 4 is 27.7 Å². The Morgan fingerprint density at radius 1 is 1.21 bits per heavy atom. The number of benzene rings is 1. The number of carbonyl (C=O) groups excluding carboxylic acids is 1. The molecule has 0 bridgehead atoms. The van der Waals surface area contributed by atoms with Crippen LogP contribution >= 0.6 is 15.9 Å². The molecule has 2 aromatic heterocycles. The molecule has 0 unspecified atom stereocenters. The highest BCUT2D eigenvalue weighted by Crippen LogP contribution is 2.13. The normalized spacial score (nSPS) is 10.8. The Kier molecular flexibility index (Phi) is 4.75. The zero-order valence-electron chi connectivity index (χ0n) is 12.9. The van der Waals surface area contributed by atoms with E-state index >= 15 is 0 Å². The van der Waals surface area contributed by atoms with Gasteiger partial charge in [-0.05, 0) is 40.5 Å². The molecule has 1 amide bonds. The summed E-state index contributed by atoms with van der Waals surface area (Å²) in [5.41, 5.74) is 1.75. The second-order valence-electron chi connectivity index (χ2n) is 5.33. The minimum absolute atomic E-state index is 0.108. The van der Waals surface area contributed by atoms with Gasteiger partial charge in [-0.15, -0.1) is 0 Å². The third-order valence-electron chi connectivity index (χ3n) is 3.36. The van der Waals surface area contributed by atoms with Crippen molar-refractivity contribution in [2.75, 3.05) is 5.32 Å². The topological polar surface area (TPSA) is 64.7 Å². The van der Waals surface area contributed by atoms with E-state index in [0.29, 0.717) is 12.4 Å². The molecule has 24 heavy (non-hydrogen) atoms. The first kappa shape index (κ1) is 16.4. The first-order valence-electron chi connectivity index (χ1n) is 7.27. The fourth-order valence-corrected chi connectivity index (χ4v) is 2.51. The summed E-state index contributed by atoms with van der Waals surface area (Å²) in [7, 11) is 0. The lowest BCUT2D eigenvalue weighted by molar-refractivity contribution is -0.116. The number of carbonyl (C=O) groups is 1. The number of aromatic nitrogens is 4. The van der Waals surface area contributed by atoms with Crippen molar-refractivity contribution in [2.45, 2.75) is 20.0 Å². The summed E-state index contributed by atoms with van der Waals surface area (Å²) in [6.45, 7) is 2.47. The van der Waals surface area contributed by atoms with Crippen molar-refractivity contribution in [1.82, 2.24) is 19.6 Å². The lowest BCUT2D eigenvalue weighted by Gasteiger charge is -2.03. The van der Waals surface area contributed by atoms with Crippen molar-refractivity contribution in [2.24, 2.45) is 0 Å². The third kappa shape index (κ3) is 4.08. The maximum atomic E-state index is 12.9. The van der Waals surface area contributed by atoms with Gasteiger partial charge in [-0.1, -0.05) is 12.1 Å². The highest BCUT2D eigenvalue weighted by molar-refractivity contribution is 9.10. The second kappa shape index (κ2) is 6.96. The summed E-state index contributed by atoms with van der Waals surface area (Å²) in [5.74, 6) is -0.0187. The molecule has 0 atom stereocenters. The average molecular weight is 392 g/mol. The van der Waals surface area contributed by atoms with Gasteiger partial charge >= 0.3 is 0 Å². The molecule has 2 heterocycles. The van der Waals surface area contributed by atoms with Gasteiger partial charge in [0.25, 0.3) is 0 Å². The molecular formula is C16H15BrFN5O. The van der Waals surface area contributed by atoms with Gasteiger partial charge < -0.3 is 5.32 Å². The standard InChI is InChI=1S/C16H15BrFN5O/c1-11-14(17)9-23(20-11)10-16(24)19-15-6-7-22(21-15)8-12-2-4-13(18)5-3-12/h2-7,9H,8,10H2,1H3,(H,19,21,24). The van der Waals surface area contributed by atoms with Crippen LogP contribution in [-0.2, 0) is 17.9 Å².